The highest BCUT2D eigenvalue weighted by Crippen LogP contribution is 2.62. The summed E-state index contributed by atoms with van der Waals surface area (Å²) in [4.78, 5) is 44.6. The van der Waals surface area contributed by atoms with Crippen LogP contribution in [-0.2, 0) is 14.3 Å². The average molecular weight is 899 g/mol. The van der Waals surface area contributed by atoms with E-state index in [-0.39, 0.29) is 73.4 Å². The van der Waals surface area contributed by atoms with Crippen LogP contribution < -0.4 is 14.2 Å². The third-order valence-electron chi connectivity index (χ3n) is 12.7. The number of hydrogen-bond donors (Lipinski definition) is 2. The van der Waals surface area contributed by atoms with Gasteiger partial charge in [0.05, 0.1) is 40.8 Å². The smallest absolute Gasteiger partial charge is 0.415 e. The summed E-state index contributed by atoms with van der Waals surface area (Å²) in [7, 11) is 0. The number of allylic oxidation sites excluding steroid dienone is 1. The van der Waals surface area contributed by atoms with Crippen molar-refractivity contribution in [2.24, 2.45) is 22.9 Å². The van der Waals surface area contributed by atoms with Crippen LogP contribution in [0.15, 0.2) is 96.2 Å². The highest BCUT2D eigenvalue weighted by atomic mass is 16.8. The molecular weight excluding hydrogens is 841 g/mol. The second kappa shape index (κ2) is 21.9. The number of aliphatic hydroxyl groups excluding tert-OH is 2. The summed E-state index contributed by atoms with van der Waals surface area (Å²) in [6.07, 6.45) is 9.78. The van der Waals surface area contributed by atoms with Crippen molar-refractivity contribution in [3.05, 3.63) is 117 Å². The summed E-state index contributed by atoms with van der Waals surface area (Å²) >= 11 is 0. The molecular formula is C48H58N4O13. The summed E-state index contributed by atoms with van der Waals surface area (Å²) in [5.41, 5.74) is 1.94. The predicted molar refractivity (Wildman–Crippen MR) is 239 cm³/mol. The molecule has 17 heteroatoms. The molecule has 3 aromatic rings. The Morgan fingerprint density at radius 2 is 1.69 bits per heavy atom. The summed E-state index contributed by atoms with van der Waals surface area (Å²) < 4.78 is 32.5. The van der Waals surface area contributed by atoms with Crippen molar-refractivity contribution in [3.8, 4) is 23.0 Å². The Balaban J connectivity index is 1.42. The Morgan fingerprint density at radius 1 is 0.954 bits per heavy atom. The van der Waals surface area contributed by atoms with Crippen molar-refractivity contribution in [2.45, 2.75) is 102 Å². The fourth-order valence-electron chi connectivity index (χ4n) is 9.84. The molecule has 0 spiro atoms. The zero-order valence-corrected chi connectivity index (χ0v) is 36.7. The molecule has 2 aliphatic carbocycles. The number of ether oxygens (including phenoxy) is 5. The van der Waals surface area contributed by atoms with Gasteiger partial charge in [0.15, 0.2) is 0 Å². The molecule has 17 nitrogen and oxygen atoms in total. The first-order valence-corrected chi connectivity index (χ1v) is 22.6. The van der Waals surface area contributed by atoms with Crippen LogP contribution in [0.2, 0.25) is 0 Å². The number of non-ortho nitro benzene ring substituents is 2. The Hall–Kier alpha value is -5.88. The molecule has 65 heavy (non-hydrogen) atoms. The number of carbonyl (C=O) groups excluding carboxylic acids is 1. The maximum atomic E-state index is 14.7. The lowest BCUT2D eigenvalue weighted by atomic mass is 9.55. The predicted octanol–water partition coefficient (Wildman–Crippen LogP) is 9.37. The standard InChI is InChI=1S/C48H58N4O13/c1-3-23-50(47(55)63-35-19-17-33(18-20-35)51(56)57)43-31-41(49-65-44-16-7-10-27-60-44)39-28-32(12-5-8-24-53)38(15-6-9-25-54)45-40-30-37(62-36-14-11-13-34(29-36)52(58)59)21-22-42(40)64-48(43,46(39)45)61-26-4-2/h4,11,13-14,17-22,28-30,32,38,43-46,53-54H,2-3,5-10,12,15-16,23-27,31H2,1H3/t32-,38+,43-,44?,45+,46+,48+/m0/s1. The van der Waals surface area contributed by atoms with Crippen LogP contribution in [0.4, 0.5) is 16.2 Å². The lowest BCUT2D eigenvalue weighted by molar-refractivity contribution is -0.385. The molecule has 1 amide bonds. The van der Waals surface area contributed by atoms with Gasteiger partial charge in [-0.25, -0.2) is 4.79 Å². The van der Waals surface area contributed by atoms with Crippen molar-refractivity contribution in [2.75, 3.05) is 33.0 Å². The van der Waals surface area contributed by atoms with Gasteiger partial charge < -0.3 is 38.7 Å². The first-order valence-electron chi connectivity index (χ1n) is 22.6. The topological polar surface area (TPSA) is 215 Å². The van der Waals surface area contributed by atoms with Crippen molar-refractivity contribution >= 4 is 23.2 Å². The van der Waals surface area contributed by atoms with Crippen molar-refractivity contribution in [1.82, 2.24) is 4.90 Å². The first-order chi connectivity index (χ1) is 31.6. The molecule has 2 N–H and O–H groups in total. The highest BCUT2D eigenvalue weighted by Gasteiger charge is 2.65. The molecule has 348 valence electrons. The van der Waals surface area contributed by atoms with Crippen molar-refractivity contribution in [3.63, 3.8) is 0 Å². The van der Waals surface area contributed by atoms with Gasteiger partial charge in [-0.1, -0.05) is 43.1 Å². The molecule has 3 aromatic carbocycles. The number of hydrogen-bond acceptors (Lipinski definition) is 14. The second-order valence-corrected chi connectivity index (χ2v) is 16.8. The molecule has 7 rings (SSSR count). The minimum absolute atomic E-state index is 0.0205. The van der Waals surface area contributed by atoms with Gasteiger partial charge in [-0.05, 0) is 98.8 Å². The van der Waals surface area contributed by atoms with Gasteiger partial charge in [-0.2, -0.15) is 0 Å². The van der Waals surface area contributed by atoms with Crippen LogP contribution in [0, 0.1) is 38.0 Å². The Bertz CT molecular complexity index is 2210. The van der Waals surface area contributed by atoms with Crippen LogP contribution >= 0.6 is 0 Å². The van der Waals surface area contributed by atoms with Crippen LogP contribution in [0.25, 0.3) is 0 Å². The van der Waals surface area contributed by atoms with Crippen LogP contribution in [-0.4, -0.2) is 87.9 Å². The number of carbonyl (C=O) groups is 1. The van der Waals surface area contributed by atoms with E-state index >= 15 is 0 Å². The number of amides is 1. The normalized spacial score (nSPS) is 25.0. The Morgan fingerprint density at radius 3 is 2.38 bits per heavy atom. The number of rotatable bonds is 21. The van der Waals surface area contributed by atoms with Crippen LogP contribution in [0.1, 0.15) is 89.0 Å². The quantitative estimate of drug-likeness (QED) is 0.0442. The van der Waals surface area contributed by atoms with E-state index in [2.05, 4.69) is 12.7 Å². The lowest BCUT2D eigenvalue weighted by Crippen LogP contribution is -2.70. The number of nitro benzene ring substituents is 2. The molecule has 0 bridgehead atoms. The van der Waals surface area contributed by atoms with Gasteiger partial charge in [0, 0.05) is 62.3 Å². The molecule has 4 aliphatic rings. The van der Waals surface area contributed by atoms with Gasteiger partial charge >= 0.3 is 6.09 Å². The molecule has 0 aromatic heterocycles. The molecule has 7 atom stereocenters. The average Bonchev–Trinajstić information content (AvgIpc) is 3.31. The molecule has 1 saturated carbocycles. The maximum Gasteiger partial charge on any atom is 0.415 e. The SMILES string of the molecule is C=CCO[C@@]12Oc3ccc(Oc4cccc([N+](=O)[O-])c4)cc3[C@H]3[C@H](CCCCO)[C@@H](CCCCO)C=C(C(=NOC4CCCCO4)C[C@@H]1N(CCC)C(=O)Oc1ccc([N+](=O)[O-])cc1)[C@H]32. The number of oxime groups is 1. The van der Waals surface area contributed by atoms with Gasteiger partial charge in [-0.15, -0.1) is 6.58 Å². The van der Waals surface area contributed by atoms with E-state index in [1.807, 2.05) is 13.0 Å². The minimum atomic E-state index is -1.57. The zero-order valence-electron chi connectivity index (χ0n) is 36.7. The molecule has 2 aliphatic heterocycles. The first kappa shape index (κ1) is 47.1. The number of aliphatic hydroxyl groups is 2. The monoisotopic (exact) mass is 898 g/mol. The van der Waals surface area contributed by atoms with Gasteiger partial charge in [-0.3, -0.25) is 25.1 Å². The molecule has 2 fully saturated rings. The molecule has 0 radical (unpaired) electrons. The van der Waals surface area contributed by atoms with E-state index in [0.29, 0.717) is 62.3 Å². The number of fused-ring (bicyclic) bond motifs is 2. The lowest BCUT2D eigenvalue weighted by Gasteiger charge is -2.59. The number of nitrogens with zero attached hydrogens (tertiary/aromatic N) is 4. The molecule has 1 unspecified atom stereocenters. The van der Waals surface area contributed by atoms with E-state index in [1.54, 1.807) is 35.2 Å². The summed E-state index contributed by atoms with van der Waals surface area (Å²) in [5.74, 6) is -1.38. The Labute approximate surface area is 377 Å². The number of unbranched alkanes of at least 4 members (excludes halogenated alkanes) is 2. The summed E-state index contributed by atoms with van der Waals surface area (Å²) in [6.45, 7) is 6.78. The summed E-state index contributed by atoms with van der Waals surface area (Å²) in [5, 5.41) is 47.9. The Kier molecular flexibility index (Phi) is 15.8. The second-order valence-electron chi connectivity index (χ2n) is 16.8. The number of benzene rings is 3. The van der Waals surface area contributed by atoms with Gasteiger partial charge in [0.2, 0.25) is 12.1 Å². The fraction of sp³-hybridized carbons (Fsp3) is 0.500. The van der Waals surface area contributed by atoms with E-state index in [0.717, 1.165) is 36.8 Å². The van der Waals surface area contributed by atoms with Crippen molar-refractivity contribution < 1.29 is 53.4 Å². The van der Waals surface area contributed by atoms with Gasteiger partial charge in [0.1, 0.15) is 29.0 Å². The highest BCUT2D eigenvalue weighted by molar-refractivity contribution is 6.03. The fourth-order valence-corrected chi connectivity index (χ4v) is 9.84. The third-order valence-corrected chi connectivity index (χ3v) is 12.7. The van der Waals surface area contributed by atoms with E-state index in [9.17, 15) is 35.2 Å². The minimum Gasteiger partial charge on any atom is -0.459 e. The van der Waals surface area contributed by atoms with Crippen LogP contribution in [0.5, 0.6) is 23.0 Å². The van der Waals surface area contributed by atoms with E-state index in [4.69, 9.17) is 33.7 Å². The van der Waals surface area contributed by atoms with Crippen LogP contribution in [0.3, 0.4) is 0 Å². The van der Waals surface area contributed by atoms with Gasteiger partial charge in [0.25, 0.3) is 11.4 Å². The third kappa shape index (κ3) is 10.6. The molecule has 2 heterocycles. The zero-order chi connectivity index (χ0) is 45.9. The van der Waals surface area contributed by atoms with E-state index < -0.39 is 40.0 Å². The van der Waals surface area contributed by atoms with Crippen molar-refractivity contribution in [1.29, 1.82) is 0 Å². The molecule has 1 saturated heterocycles. The largest absolute Gasteiger partial charge is 0.459 e. The number of nitro groups is 2. The maximum absolute atomic E-state index is 14.7. The summed E-state index contributed by atoms with van der Waals surface area (Å²) in [6, 6.07) is 15.8. The van der Waals surface area contributed by atoms with E-state index in [1.165, 1.54) is 36.4 Å².